The maximum Gasteiger partial charge on any atom is 0.417 e. The summed E-state index contributed by atoms with van der Waals surface area (Å²) in [6, 6.07) is 4.53. The lowest BCUT2D eigenvalue weighted by Crippen LogP contribution is -2.65. The number of alkyl carbamates (subject to hydrolysis) is 1. The van der Waals surface area contributed by atoms with Gasteiger partial charge in [-0.1, -0.05) is 24.3 Å². The van der Waals surface area contributed by atoms with Crippen LogP contribution >= 0.6 is 0 Å². The molecule has 11 nitrogen and oxygen atoms in total. The third-order valence-corrected chi connectivity index (χ3v) is 3.10. The minimum Gasteiger partial charge on any atom is -0.444 e. The van der Waals surface area contributed by atoms with Crippen molar-refractivity contribution in [1.29, 1.82) is 0 Å². The molecule has 0 radical (unpaired) electrons. The molecule has 0 atom stereocenters. The lowest BCUT2D eigenvalue weighted by atomic mass is 10.1. The molecule has 7 N–H and O–H groups in total. The largest absolute Gasteiger partial charge is 0.444 e. The molecule has 1 rings (SSSR count). The zero-order chi connectivity index (χ0) is 21.4. The SMILES string of the molecule is CC(C)(C)OC(=O)NC(NCc1ccc(CCO)cc1)(OC(N)=O)OC(N)=O. The highest BCUT2D eigenvalue weighted by Gasteiger charge is 2.41. The topological polar surface area (TPSA) is 175 Å². The fourth-order valence-corrected chi connectivity index (χ4v) is 2.08. The predicted octanol–water partition coefficient (Wildman–Crippen LogP) is 0.638. The molecule has 0 spiro atoms. The summed E-state index contributed by atoms with van der Waals surface area (Å²) in [7, 11) is 0. The molecule has 3 amide bonds. The van der Waals surface area contributed by atoms with Gasteiger partial charge in [0.1, 0.15) is 5.60 Å². The minimum atomic E-state index is -2.48. The third-order valence-electron chi connectivity index (χ3n) is 3.10. The van der Waals surface area contributed by atoms with E-state index in [1.165, 1.54) is 0 Å². The van der Waals surface area contributed by atoms with Crippen LogP contribution in [0.5, 0.6) is 0 Å². The molecule has 0 unspecified atom stereocenters. The Bertz CT molecular complexity index is 670. The van der Waals surface area contributed by atoms with Gasteiger partial charge in [0.25, 0.3) is 0 Å². The fraction of sp³-hybridized carbons (Fsp3) is 0.471. The maximum absolute atomic E-state index is 12.1. The summed E-state index contributed by atoms with van der Waals surface area (Å²) in [4.78, 5) is 34.7. The van der Waals surface area contributed by atoms with E-state index in [2.05, 4.69) is 10.6 Å². The smallest absolute Gasteiger partial charge is 0.417 e. The Morgan fingerprint density at radius 3 is 1.89 bits per heavy atom. The van der Waals surface area contributed by atoms with Crippen LogP contribution in [-0.2, 0) is 27.2 Å². The van der Waals surface area contributed by atoms with Gasteiger partial charge in [-0.3, -0.25) is 0 Å². The molecular formula is C17H26N4O7. The summed E-state index contributed by atoms with van der Waals surface area (Å²) in [6.45, 7) is 4.83. The van der Waals surface area contributed by atoms with Crippen molar-refractivity contribution < 1.29 is 33.7 Å². The zero-order valence-electron chi connectivity index (χ0n) is 16.0. The van der Waals surface area contributed by atoms with Gasteiger partial charge in [-0.05, 0) is 38.3 Å². The van der Waals surface area contributed by atoms with Crippen molar-refractivity contribution in [2.75, 3.05) is 6.61 Å². The van der Waals surface area contributed by atoms with Crippen molar-refractivity contribution >= 4 is 18.3 Å². The van der Waals surface area contributed by atoms with Crippen molar-refractivity contribution in [3.05, 3.63) is 35.4 Å². The molecule has 0 aliphatic rings. The molecule has 1 aromatic carbocycles. The van der Waals surface area contributed by atoms with Crippen LogP contribution in [0.3, 0.4) is 0 Å². The first-order valence-electron chi connectivity index (χ1n) is 8.36. The normalized spacial score (nSPS) is 11.4. The van der Waals surface area contributed by atoms with Gasteiger partial charge in [-0.2, -0.15) is 0 Å². The minimum absolute atomic E-state index is 0.0133. The molecule has 0 aliphatic carbocycles. The van der Waals surface area contributed by atoms with Gasteiger partial charge < -0.3 is 30.8 Å². The van der Waals surface area contributed by atoms with Crippen LogP contribution < -0.4 is 22.1 Å². The Morgan fingerprint density at radius 1 is 0.964 bits per heavy atom. The predicted molar refractivity (Wildman–Crippen MR) is 97.5 cm³/mol. The molecule has 156 valence electrons. The number of nitrogens with one attached hydrogen (secondary N) is 2. The van der Waals surface area contributed by atoms with Gasteiger partial charge in [-0.15, -0.1) is 0 Å². The first kappa shape index (κ1) is 23.0. The van der Waals surface area contributed by atoms with Crippen LogP contribution in [0.4, 0.5) is 14.4 Å². The number of amides is 3. The number of ether oxygens (including phenoxy) is 3. The van der Waals surface area contributed by atoms with Gasteiger partial charge in [0, 0.05) is 13.2 Å². The van der Waals surface area contributed by atoms with Crippen molar-refractivity contribution in [2.24, 2.45) is 11.5 Å². The van der Waals surface area contributed by atoms with E-state index in [4.69, 9.17) is 30.8 Å². The first-order chi connectivity index (χ1) is 12.9. The molecule has 0 fully saturated rings. The lowest BCUT2D eigenvalue weighted by molar-refractivity contribution is -0.200. The summed E-state index contributed by atoms with van der Waals surface area (Å²) < 4.78 is 14.6. The Hall–Kier alpha value is -3.05. The van der Waals surface area contributed by atoms with Crippen LogP contribution in [0.1, 0.15) is 31.9 Å². The second kappa shape index (κ2) is 9.76. The van der Waals surface area contributed by atoms with E-state index in [1.807, 2.05) is 0 Å². The van der Waals surface area contributed by atoms with E-state index in [9.17, 15) is 14.4 Å². The number of benzene rings is 1. The molecule has 0 saturated carbocycles. The molecule has 11 heteroatoms. The van der Waals surface area contributed by atoms with E-state index in [1.54, 1.807) is 45.0 Å². The molecule has 28 heavy (non-hydrogen) atoms. The summed E-state index contributed by atoms with van der Waals surface area (Å²) >= 11 is 0. The van der Waals surface area contributed by atoms with Gasteiger partial charge in [0.15, 0.2) is 0 Å². The number of primary amides is 2. The quantitative estimate of drug-likeness (QED) is 0.396. The summed E-state index contributed by atoms with van der Waals surface area (Å²) in [5.74, 6) is 0. The average molecular weight is 398 g/mol. The first-order valence-corrected chi connectivity index (χ1v) is 8.36. The standard InChI is InChI=1S/C17H26N4O7/c1-16(2,3)28-15(25)21-17(26-13(18)23,27-14(19)24)20-10-12-6-4-11(5-7-12)8-9-22/h4-7,20,22H,8-10H2,1-3H3,(H2,18,23)(H2,19,24)(H,21,25). The number of nitrogens with two attached hydrogens (primary N) is 2. The molecule has 0 aromatic heterocycles. The number of hydrogen-bond donors (Lipinski definition) is 5. The molecule has 0 aliphatic heterocycles. The molecule has 0 bridgehead atoms. The van der Waals surface area contributed by atoms with Crippen molar-refractivity contribution in [3.8, 4) is 0 Å². The van der Waals surface area contributed by atoms with Crippen molar-refractivity contribution in [1.82, 2.24) is 10.6 Å². The fourth-order valence-electron chi connectivity index (χ4n) is 2.08. The maximum atomic E-state index is 12.1. The van der Waals surface area contributed by atoms with Crippen LogP contribution in [0.15, 0.2) is 24.3 Å². The highest BCUT2D eigenvalue weighted by atomic mass is 16.8. The van der Waals surface area contributed by atoms with Crippen LogP contribution in [-0.4, -0.2) is 41.6 Å². The van der Waals surface area contributed by atoms with Gasteiger partial charge >= 0.3 is 24.3 Å². The van der Waals surface area contributed by atoms with Crippen LogP contribution in [0.25, 0.3) is 0 Å². The monoisotopic (exact) mass is 398 g/mol. The number of carbonyl (C=O) groups excluding carboxylic acids is 3. The zero-order valence-corrected chi connectivity index (χ0v) is 16.0. The second-order valence-corrected chi connectivity index (χ2v) is 6.73. The molecule has 0 saturated heterocycles. The van der Waals surface area contributed by atoms with Crippen LogP contribution in [0.2, 0.25) is 0 Å². The van der Waals surface area contributed by atoms with Gasteiger partial charge in [0.05, 0.1) is 0 Å². The number of hydrogen-bond acceptors (Lipinski definition) is 8. The number of aliphatic hydroxyl groups is 1. The number of aliphatic hydroxyl groups excluding tert-OH is 1. The summed E-state index contributed by atoms with van der Waals surface area (Å²) in [5, 5.41) is 13.6. The Kier molecular flexibility index (Phi) is 8.01. The molecule has 1 aromatic rings. The Morgan fingerprint density at radius 2 is 1.46 bits per heavy atom. The molecule has 0 heterocycles. The average Bonchev–Trinajstić information content (AvgIpc) is 2.51. The van der Waals surface area contributed by atoms with E-state index in [0.29, 0.717) is 12.0 Å². The Labute approximate surface area is 162 Å². The second-order valence-electron chi connectivity index (χ2n) is 6.73. The summed E-state index contributed by atoms with van der Waals surface area (Å²) in [5.41, 5.74) is 10.8. The lowest BCUT2D eigenvalue weighted by Gasteiger charge is -2.32. The van der Waals surface area contributed by atoms with Crippen molar-refractivity contribution in [2.45, 2.75) is 45.4 Å². The highest BCUT2D eigenvalue weighted by Crippen LogP contribution is 2.13. The third kappa shape index (κ3) is 8.56. The van der Waals surface area contributed by atoms with E-state index in [0.717, 1.165) is 5.56 Å². The number of carbonyl (C=O) groups is 3. The highest BCUT2D eigenvalue weighted by molar-refractivity contribution is 5.71. The van der Waals surface area contributed by atoms with Gasteiger partial charge in [-0.25, -0.2) is 25.0 Å². The Balaban J connectivity index is 3.00. The summed E-state index contributed by atoms with van der Waals surface area (Å²) in [6.07, 6.45) is -3.25. The number of rotatable bonds is 8. The van der Waals surface area contributed by atoms with Gasteiger partial charge in [0.2, 0.25) is 0 Å². The van der Waals surface area contributed by atoms with Crippen LogP contribution in [0, 0.1) is 0 Å². The van der Waals surface area contributed by atoms with Crippen molar-refractivity contribution in [3.63, 3.8) is 0 Å². The van der Waals surface area contributed by atoms with E-state index in [-0.39, 0.29) is 13.2 Å². The van der Waals surface area contributed by atoms with E-state index < -0.39 is 29.9 Å². The molecular weight excluding hydrogens is 372 g/mol. The van der Waals surface area contributed by atoms with E-state index >= 15 is 0 Å².